The van der Waals surface area contributed by atoms with Crippen molar-refractivity contribution in [1.29, 1.82) is 0 Å². The van der Waals surface area contributed by atoms with E-state index >= 15 is 0 Å². The van der Waals surface area contributed by atoms with Crippen LogP contribution in [-0.4, -0.2) is 23.9 Å². The van der Waals surface area contributed by atoms with Crippen LogP contribution in [0.2, 0.25) is 0 Å². The van der Waals surface area contributed by atoms with Crippen LogP contribution in [0.25, 0.3) is 0 Å². The first-order valence-corrected chi connectivity index (χ1v) is 7.02. The molecule has 4 nitrogen and oxygen atoms in total. The molecule has 1 amide bonds. The molecule has 1 aromatic rings. The number of nitrogen functional groups attached to an aromatic ring is 1. The number of benzene rings is 1. The number of piperidine rings is 1. The van der Waals surface area contributed by atoms with Gasteiger partial charge in [0.25, 0.3) is 5.91 Å². The zero-order chi connectivity index (χ0) is 13.8. The van der Waals surface area contributed by atoms with Crippen molar-refractivity contribution in [3.63, 3.8) is 0 Å². The van der Waals surface area contributed by atoms with Gasteiger partial charge < -0.3 is 10.3 Å². The maximum absolute atomic E-state index is 12.5. The van der Waals surface area contributed by atoms with Crippen LogP contribution >= 0.6 is 0 Å². The van der Waals surface area contributed by atoms with Gasteiger partial charge in [0.1, 0.15) is 0 Å². The van der Waals surface area contributed by atoms with Gasteiger partial charge >= 0.3 is 0 Å². The number of likely N-dealkylation sites (tertiary alicyclic amines) is 1. The second-order valence-electron chi connectivity index (χ2n) is 5.32. The predicted octanol–water partition coefficient (Wildman–Crippen LogP) is 2.54. The number of hydrazine groups is 1. The molecule has 19 heavy (non-hydrogen) atoms. The highest BCUT2D eigenvalue weighted by molar-refractivity contribution is 5.96. The van der Waals surface area contributed by atoms with Crippen LogP contribution < -0.4 is 11.3 Å². The Morgan fingerprint density at radius 1 is 1.42 bits per heavy atom. The molecule has 104 valence electrons. The molecule has 3 N–H and O–H groups in total. The Hall–Kier alpha value is -1.55. The van der Waals surface area contributed by atoms with Gasteiger partial charge in [-0.3, -0.25) is 10.6 Å². The Balaban J connectivity index is 2.08. The van der Waals surface area contributed by atoms with Gasteiger partial charge in [-0.05, 0) is 49.4 Å². The topological polar surface area (TPSA) is 58.4 Å². The van der Waals surface area contributed by atoms with E-state index < -0.39 is 0 Å². The van der Waals surface area contributed by atoms with E-state index in [0.717, 1.165) is 48.7 Å². The molecule has 0 spiro atoms. The number of anilines is 1. The van der Waals surface area contributed by atoms with Crippen molar-refractivity contribution in [3.05, 3.63) is 29.3 Å². The normalized spacial score (nSPS) is 16.5. The maximum atomic E-state index is 12.5. The Morgan fingerprint density at radius 2 is 2.11 bits per heavy atom. The number of carbonyl (C=O) groups is 1. The lowest BCUT2D eigenvalue weighted by Crippen LogP contribution is -2.38. The third-order valence-electron chi connectivity index (χ3n) is 4.10. The SMILES string of the molecule is CCC1CCN(C(=O)c2ccc(NN)cc2C)CC1. The summed E-state index contributed by atoms with van der Waals surface area (Å²) in [6.45, 7) is 5.94. The van der Waals surface area contributed by atoms with Gasteiger partial charge in [-0.15, -0.1) is 0 Å². The summed E-state index contributed by atoms with van der Waals surface area (Å²) >= 11 is 0. The molecule has 1 aliphatic rings. The highest BCUT2D eigenvalue weighted by atomic mass is 16.2. The molecular formula is C15H23N3O. The van der Waals surface area contributed by atoms with Gasteiger partial charge in [0.15, 0.2) is 0 Å². The van der Waals surface area contributed by atoms with E-state index in [1.807, 2.05) is 30.0 Å². The van der Waals surface area contributed by atoms with E-state index in [4.69, 9.17) is 5.84 Å². The third-order valence-corrected chi connectivity index (χ3v) is 4.10. The van der Waals surface area contributed by atoms with Crippen molar-refractivity contribution in [2.24, 2.45) is 11.8 Å². The standard InChI is InChI=1S/C15H23N3O/c1-3-12-6-8-18(9-7-12)15(19)14-5-4-13(17-16)10-11(14)2/h4-5,10,12,17H,3,6-9,16H2,1-2H3. The summed E-state index contributed by atoms with van der Waals surface area (Å²) in [7, 11) is 0. The van der Waals surface area contributed by atoms with Gasteiger partial charge in [0, 0.05) is 24.3 Å². The van der Waals surface area contributed by atoms with Gasteiger partial charge in [0.05, 0.1) is 0 Å². The van der Waals surface area contributed by atoms with Crippen LogP contribution in [0.4, 0.5) is 5.69 Å². The Bertz CT molecular complexity index is 451. The number of nitrogens with zero attached hydrogens (tertiary/aromatic N) is 1. The number of amides is 1. The average molecular weight is 261 g/mol. The first-order valence-electron chi connectivity index (χ1n) is 7.02. The van der Waals surface area contributed by atoms with Crippen LogP contribution in [0, 0.1) is 12.8 Å². The molecule has 4 heteroatoms. The summed E-state index contributed by atoms with van der Waals surface area (Å²) in [5, 5.41) is 0. The highest BCUT2D eigenvalue weighted by Gasteiger charge is 2.23. The molecule has 1 heterocycles. The van der Waals surface area contributed by atoms with E-state index in [1.165, 1.54) is 6.42 Å². The number of nitrogens with one attached hydrogen (secondary N) is 1. The van der Waals surface area contributed by atoms with E-state index in [2.05, 4.69) is 12.3 Å². The number of aryl methyl sites for hydroxylation is 1. The first-order chi connectivity index (χ1) is 9.15. The van der Waals surface area contributed by atoms with Crippen molar-refractivity contribution in [2.45, 2.75) is 33.1 Å². The van der Waals surface area contributed by atoms with Gasteiger partial charge in [-0.1, -0.05) is 13.3 Å². The van der Waals surface area contributed by atoms with E-state index in [0.29, 0.717) is 0 Å². The fourth-order valence-electron chi connectivity index (χ4n) is 2.71. The quantitative estimate of drug-likeness (QED) is 0.649. The second-order valence-corrected chi connectivity index (χ2v) is 5.32. The molecule has 2 rings (SSSR count). The second kappa shape index (κ2) is 6.06. The number of hydrogen-bond acceptors (Lipinski definition) is 3. The molecule has 1 saturated heterocycles. The zero-order valence-electron chi connectivity index (χ0n) is 11.8. The molecule has 0 aromatic heterocycles. The first kappa shape index (κ1) is 13.9. The summed E-state index contributed by atoms with van der Waals surface area (Å²) in [5.74, 6) is 6.31. The molecule has 0 unspecified atom stereocenters. The Labute approximate surface area is 114 Å². The molecule has 0 saturated carbocycles. The Morgan fingerprint density at radius 3 is 2.63 bits per heavy atom. The summed E-state index contributed by atoms with van der Waals surface area (Å²) < 4.78 is 0. The minimum atomic E-state index is 0.149. The van der Waals surface area contributed by atoms with Gasteiger partial charge in [-0.2, -0.15) is 0 Å². The minimum absolute atomic E-state index is 0.149. The molecule has 1 aliphatic heterocycles. The van der Waals surface area contributed by atoms with Crippen LogP contribution in [0.1, 0.15) is 42.1 Å². The van der Waals surface area contributed by atoms with E-state index in [9.17, 15) is 4.79 Å². The van der Waals surface area contributed by atoms with E-state index in [1.54, 1.807) is 0 Å². The largest absolute Gasteiger partial charge is 0.339 e. The molecule has 0 aliphatic carbocycles. The van der Waals surface area contributed by atoms with Crippen LogP contribution in [-0.2, 0) is 0 Å². The van der Waals surface area contributed by atoms with Gasteiger partial charge in [-0.25, -0.2) is 0 Å². The number of rotatable bonds is 3. The lowest BCUT2D eigenvalue weighted by atomic mass is 9.94. The summed E-state index contributed by atoms with van der Waals surface area (Å²) in [6, 6.07) is 5.61. The Kier molecular flexibility index (Phi) is 4.43. The van der Waals surface area contributed by atoms with Crippen molar-refractivity contribution in [3.8, 4) is 0 Å². The zero-order valence-corrected chi connectivity index (χ0v) is 11.8. The number of carbonyl (C=O) groups excluding carboxylic acids is 1. The lowest BCUT2D eigenvalue weighted by molar-refractivity contribution is 0.0688. The number of hydrogen-bond donors (Lipinski definition) is 2. The fraction of sp³-hybridized carbons (Fsp3) is 0.533. The van der Waals surface area contributed by atoms with Crippen LogP contribution in [0.15, 0.2) is 18.2 Å². The fourth-order valence-corrected chi connectivity index (χ4v) is 2.71. The van der Waals surface area contributed by atoms with Crippen molar-refractivity contribution in [2.75, 3.05) is 18.5 Å². The number of nitrogens with two attached hydrogens (primary N) is 1. The third kappa shape index (κ3) is 3.07. The van der Waals surface area contributed by atoms with Crippen molar-refractivity contribution < 1.29 is 4.79 Å². The van der Waals surface area contributed by atoms with E-state index in [-0.39, 0.29) is 5.91 Å². The molecule has 0 radical (unpaired) electrons. The smallest absolute Gasteiger partial charge is 0.254 e. The molecule has 0 atom stereocenters. The molecule has 0 bridgehead atoms. The van der Waals surface area contributed by atoms with Crippen LogP contribution in [0.3, 0.4) is 0 Å². The van der Waals surface area contributed by atoms with Crippen LogP contribution in [0.5, 0.6) is 0 Å². The van der Waals surface area contributed by atoms with Gasteiger partial charge in [0.2, 0.25) is 0 Å². The van der Waals surface area contributed by atoms with Crippen molar-refractivity contribution >= 4 is 11.6 Å². The predicted molar refractivity (Wildman–Crippen MR) is 77.9 cm³/mol. The summed E-state index contributed by atoms with van der Waals surface area (Å²) in [6.07, 6.45) is 3.48. The molecule has 1 fully saturated rings. The average Bonchev–Trinajstić information content (AvgIpc) is 2.46. The maximum Gasteiger partial charge on any atom is 0.254 e. The van der Waals surface area contributed by atoms with Crippen molar-refractivity contribution in [1.82, 2.24) is 4.90 Å². The highest BCUT2D eigenvalue weighted by Crippen LogP contribution is 2.23. The summed E-state index contributed by atoms with van der Waals surface area (Å²) in [5.41, 5.74) is 5.19. The molecular weight excluding hydrogens is 238 g/mol. The summed E-state index contributed by atoms with van der Waals surface area (Å²) in [4.78, 5) is 14.5. The lowest BCUT2D eigenvalue weighted by Gasteiger charge is -2.32. The minimum Gasteiger partial charge on any atom is -0.339 e. The monoisotopic (exact) mass is 261 g/mol. The molecule has 1 aromatic carbocycles.